The number of carboxylic acid groups (broad SMARTS) is 1. The van der Waals surface area contributed by atoms with E-state index in [-0.39, 0.29) is 18.9 Å². The number of hydrogen-bond donors (Lipinski definition) is 2. The van der Waals surface area contributed by atoms with E-state index in [1.165, 1.54) is 5.56 Å². The van der Waals surface area contributed by atoms with Gasteiger partial charge in [-0.05, 0) is 35.5 Å². The first-order valence-corrected chi connectivity index (χ1v) is 5.79. The molecule has 1 unspecified atom stereocenters. The van der Waals surface area contributed by atoms with Crippen LogP contribution in [0.1, 0.15) is 29.9 Å². The minimum Gasteiger partial charge on any atom is -0.481 e. The Balaban J connectivity index is 2.34. The molecule has 0 saturated carbocycles. The van der Waals surface area contributed by atoms with Crippen LogP contribution in [0.25, 0.3) is 0 Å². The summed E-state index contributed by atoms with van der Waals surface area (Å²) in [4.78, 5) is 10.9. The van der Waals surface area contributed by atoms with Crippen molar-refractivity contribution >= 4 is 5.97 Å². The van der Waals surface area contributed by atoms with Gasteiger partial charge in [-0.1, -0.05) is 30.3 Å². The van der Waals surface area contributed by atoms with Gasteiger partial charge in [0.25, 0.3) is 0 Å². The highest BCUT2D eigenvalue weighted by Gasteiger charge is 2.21. The average molecular weight is 232 g/mol. The molecule has 1 aromatic rings. The summed E-state index contributed by atoms with van der Waals surface area (Å²) in [7, 11) is 0. The molecule has 0 spiro atoms. The molecule has 1 aromatic carbocycles. The first-order chi connectivity index (χ1) is 8.20. The Morgan fingerprint density at radius 2 is 2.12 bits per heavy atom. The maximum atomic E-state index is 10.9. The lowest BCUT2D eigenvalue weighted by atomic mass is 9.88. The van der Waals surface area contributed by atoms with Gasteiger partial charge in [0.1, 0.15) is 0 Å². The maximum absolute atomic E-state index is 10.9. The van der Waals surface area contributed by atoms with Crippen LogP contribution in [0.3, 0.4) is 0 Å². The van der Waals surface area contributed by atoms with Crippen molar-refractivity contribution in [3.8, 4) is 0 Å². The first-order valence-electron chi connectivity index (χ1n) is 5.79. The van der Waals surface area contributed by atoms with Gasteiger partial charge in [0, 0.05) is 0 Å². The highest BCUT2D eigenvalue weighted by Crippen LogP contribution is 2.32. The predicted octanol–water partition coefficient (Wildman–Crippen LogP) is 2.11. The third-order valence-electron chi connectivity index (χ3n) is 3.24. The Morgan fingerprint density at radius 3 is 2.82 bits per heavy atom. The van der Waals surface area contributed by atoms with Crippen LogP contribution in [0.4, 0.5) is 0 Å². The molecule has 0 amide bonds. The summed E-state index contributed by atoms with van der Waals surface area (Å²) in [5.74, 6) is -0.811. The summed E-state index contributed by atoms with van der Waals surface area (Å²) in [5.41, 5.74) is 3.21. The number of aliphatic hydroxyl groups is 1. The molecule has 90 valence electrons. The lowest BCUT2D eigenvalue weighted by molar-refractivity contribution is -0.137. The molecule has 0 aromatic heterocycles. The predicted molar refractivity (Wildman–Crippen MR) is 64.9 cm³/mol. The van der Waals surface area contributed by atoms with Crippen LogP contribution in [-0.2, 0) is 11.2 Å². The fraction of sp³-hybridized carbons (Fsp3) is 0.357. The first kappa shape index (κ1) is 11.9. The van der Waals surface area contributed by atoms with Gasteiger partial charge in [0.05, 0.1) is 13.0 Å². The van der Waals surface area contributed by atoms with Gasteiger partial charge in [-0.15, -0.1) is 0 Å². The molecule has 0 saturated heterocycles. The Bertz CT molecular complexity index is 449. The second kappa shape index (κ2) is 5.15. The summed E-state index contributed by atoms with van der Waals surface area (Å²) in [6, 6.07) is 7.93. The maximum Gasteiger partial charge on any atom is 0.303 e. The van der Waals surface area contributed by atoms with E-state index < -0.39 is 5.97 Å². The fourth-order valence-electron chi connectivity index (χ4n) is 2.40. The molecule has 2 N–H and O–H groups in total. The second-order valence-electron chi connectivity index (χ2n) is 4.42. The minimum atomic E-state index is -0.788. The number of carboxylic acids is 1. The second-order valence-corrected chi connectivity index (χ2v) is 4.42. The molecule has 3 nitrogen and oxygen atoms in total. The number of hydrogen-bond acceptors (Lipinski definition) is 2. The molecule has 0 heterocycles. The highest BCUT2D eigenvalue weighted by atomic mass is 16.4. The van der Waals surface area contributed by atoms with Crippen LogP contribution in [0, 0.1) is 0 Å². The molecule has 3 heteroatoms. The van der Waals surface area contributed by atoms with Crippen molar-refractivity contribution in [2.24, 2.45) is 0 Å². The summed E-state index contributed by atoms with van der Waals surface area (Å²) in [5, 5.41) is 18.2. The van der Waals surface area contributed by atoms with E-state index in [1.54, 1.807) is 0 Å². The molecule has 1 atom stereocenters. The van der Waals surface area contributed by atoms with Crippen LogP contribution in [0.2, 0.25) is 0 Å². The van der Waals surface area contributed by atoms with Crippen LogP contribution in [0.5, 0.6) is 0 Å². The molecular formula is C14H16O3. The zero-order valence-corrected chi connectivity index (χ0v) is 9.60. The molecule has 0 aliphatic heterocycles. The lowest BCUT2D eigenvalue weighted by Crippen LogP contribution is -2.08. The smallest absolute Gasteiger partial charge is 0.303 e. The zero-order chi connectivity index (χ0) is 12.3. The third-order valence-corrected chi connectivity index (χ3v) is 3.24. The monoisotopic (exact) mass is 232 g/mol. The van der Waals surface area contributed by atoms with Crippen LogP contribution < -0.4 is 0 Å². The van der Waals surface area contributed by atoms with Gasteiger partial charge < -0.3 is 10.2 Å². The number of aliphatic carboxylic acids is 1. The molecule has 0 bridgehead atoms. The van der Waals surface area contributed by atoms with Crippen LogP contribution in [0.15, 0.2) is 35.9 Å². The Kier molecular flexibility index (Phi) is 3.59. The summed E-state index contributed by atoms with van der Waals surface area (Å²) >= 11 is 0. The molecule has 0 radical (unpaired) electrons. The Morgan fingerprint density at radius 1 is 1.35 bits per heavy atom. The number of rotatable bonds is 3. The topological polar surface area (TPSA) is 57.5 Å². The number of aliphatic hydroxyl groups excluding tert-OH is 1. The van der Waals surface area contributed by atoms with E-state index in [0.29, 0.717) is 6.42 Å². The average Bonchev–Trinajstić information content (AvgIpc) is 2.49. The van der Waals surface area contributed by atoms with Crippen LogP contribution in [-0.4, -0.2) is 22.8 Å². The van der Waals surface area contributed by atoms with Crippen molar-refractivity contribution in [2.45, 2.75) is 25.2 Å². The number of allylic oxidation sites excluding steroid dienone is 1. The van der Waals surface area contributed by atoms with Crippen molar-refractivity contribution in [3.63, 3.8) is 0 Å². The zero-order valence-electron chi connectivity index (χ0n) is 9.60. The summed E-state index contributed by atoms with van der Waals surface area (Å²) < 4.78 is 0. The molecule has 1 aliphatic carbocycles. The van der Waals surface area contributed by atoms with Crippen molar-refractivity contribution in [1.82, 2.24) is 0 Å². The van der Waals surface area contributed by atoms with Crippen LogP contribution >= 0.6 is 0 Å². The lowest BCUT2D eigenvalue weighted by Gasteiger charge is -2.16. The minimum absolute atomic E-state index is 0.0180. The standard InChI is InChI=1S/C14H16O3/c15-9-10-5-6-11-3-1-2-4-13(11)12(7-10)8-14(16)17/h1-5,12,15H,6-9H2,(H,16,17). The SMILES string of the molecule is O=C(O)CC1CC(CO)=CCc2ccccc21. The van der Waals surface area contributed by atoms with E-state index in [4.69, 9.17) is 5.11 Å². The van der Waals surface area contributed by atoms with E-state index in [2.05, 4.69) is 0 Å². The number of fused-ring (bicyclic) bond motifs is 1. The third kappa shape index (κ3) is 2.74. The highest BCUT2D eigenvalue weighted by molar-refractivity contribution is 5.68. The van der Waals surface area contributed by atoms with Gasteiger partial charge in [-0.25, -0.2) is 0 Å². The Labute approximate surface area is 100 Å². The molecule has 2 rings (SSSR count). The fourth-order valence-corrected chi connectivity index (χ4v) is 2.40. The Hall–Kier alpha value is -1.61. The molecule has 0 fully saturated rings. The van der Waals surface area contributed by atoms with E-state index in [1.807, 2.05) is 30.3 Å². The van der Waals surface area contributed by atoms with Gasteiger partial charge in [-0.2, -0.15) is 0 Å². The van der Waals surface area contributed by atoms with Gasteiger partial charge in [0.15, 0.2) is 0 Å². The molecular weight excluding hydrogens is 216 g/mol. The number of benzene rings is 1. The summed E-state index contributed by atoms with van der Waals surface area (Å²) in [6.07, 6.45) is 3.55. The van der Waals surface area contributed by atoms with Crippen molar-refractivity contribution in [3.05, 3.63) is 47.0 Å². The van der Waals surface area contributed by atoms with E-state index in [9.17, 15) is 9.90 Å². The van der Waals surface area contributed by atoms with Crippen molar-refractivity contribution < 1.29 is 15.0 Å². The van der Waals surface area contributed by atoms with E-state index >= 15 is 0 Å². The molecule has 1 aliphatic rings. The van der Waals surface area contributed by atoms with Gasteiger partial charge in [-0.3, -0.25) is 4.79 Å². The van der Waals surface area contributed by atoms with E-state index in [0.717, 1.165) is 17.6 Å². The van der Waals surface area contributed by atoms with Gasteiger partial charge >= 0.3 is 5.97 Å². The van der Waals surface area contributed by atoms with Gasteiger partial charge in [0.2, 0.25) is 0 Å². The van der Waals surface area contributed by atoms with Crippen molar-refractivity contribution in [2.75, 3.05) is 6.61 Å². The molecule has 17 heavy (non-hydrogen) atoms. The normalized spacial score (nSPS) is 19.1. The summed E-state index contributed by atoms with van der Waals surface area (Å²) in [6.45, 7) is 0.0180. The van der Waals surface area contributed by atoms with Crippen molar-refractivity contribution in [1.29, 1.82) is 0 Å². The quantitative estimate of drug-likeness (QED) is 0.785. The largest absolute Gasteiger partial charge is 0.481 e. The number of carbonyl (C=O) groups is 1.